The summed E-state index contributed by atoms with van der Waals surface area (Å²) >= 11 is 3.33. The van der Waals surface area contributed by atoms with Gasteiger partial charge in [-0.25, -0.2) is 4.39 Å². The molecule has 0 heterocycles. The summed E-state index contributed by atoms with van der Waals surface area (Å²) < 4.78 is 14.0. The van der Waals surface area contributed by atoms with E-state index in [2.05, 4.69) is 15.9 Å². The van der Waals surface area contributed by atoms with Crippen LogP contribution in [0.25, 0.3) is 0 Å². The fourth-order valence-electron chi connectivity index (χ4n) is 2.07. The summed E-state index contributed by atoms with van der Waals surface area (Å²) in [4.78, 5) is 11.5. The normalized spacial score (nSPS) is 12.2. The number of halogens is 2. The van der Waals surface area contributed by atoms with Crippen LogP contribution in [0.15, 0.2) is 46.9 Å². The van der Waals surface area contributed by atoms with Crippen LogP contribution in [0.3, 0.4) is 0 Å². The lowest BCUT2D eigenvalue weighted by Crippen LogP contribution is -2.14. The first kappa shape index (κ1) is 14.7. The monoisotopic (exact) mass is 336 g/mol. The van der Waals surface area contributed by atoms with Gasteiger partial charge in [0.1, 0.15) is 5.82 Å². The van der Waals surface area contributed by atoms with Gasteiger partial charge in [0.05, 0.1) is 5.92 Å². The first-order valence-electron chi connectivity index (χ1n) is 6.20. The van der Waals surface area contributed by atoms with E-state index >= 15 is 0 Å². The predicted octanol–water partition coefficient (Wildman–Crippen LogP) is 4.31. The largest absolute Gasteiger partial charge is 0.481 e. The van der Waals surface area contributed by atoms with E-state index in [0.717, 1.165) is 15.6 Å². The van der Waals surface area contributed by atoms with Crippen molar-refractivity contribution in [2.75, 3.05) is 0 Å². The molecule has 104 valence electrons. The van der Waals surface area contributed by atoms with Crippen LogP contribution < -0.4 is 0 Å². The SMILES string of the molecule is Cc1ccc(C(Cc2cc(F)ccc2Br)C(=O)O)cc1. The van der Waals surface area contributed by atoms with Gasteiger partial charge in [-0.3, -0.25) is 4.79 Å². The molecule has 4 heteroatoms. The molecular formula is C16H14BrFO2. The molecule has 0 aliphatic carbocycles. The van der Waals surface area contributed by atoms with Crippen molar-refractivity contribution in [2.45, 2.75) is 19.3 Å². The number of aryl methyl sites for hydroxylation is 1. The van der Waals surface area contributed by atoms with Gasteiger partial charge in [-0.15, -0.1) is 0 Å². The van der Waals surface area contributed by atoms with Crippen molar-refractivity contribution in [3.05, 3.63) is 69.4 Å². The van der Waals surface area contributed by atoms with Crippen LogP contribution in [0, 0.1) is 12.7 Å². The number of carbonyl (C=O) groups is 1. The van der Waals surface area contributed by atoms with E-state index in [1.165, 1.54) is 12.1 Å². The maximum absolute atomic E-state index is 13.3. The van der Waals surface area contributed by atoms with Gasteiger partial charge in [0.2, 0.25) is 0 Å². The lowest BCUT2D eigenvalue weighted by atomic mass is 9.91. The number of aliphatic carboxylic acids is 1. The number of benzene rings is 2. The molecule has 2 nitrogen and oxygen atoms in total. The molecule has 0 amide bonds. The topological polar surface area (TPSA) is 37.3 Å². The highest BCUT2D eigenvalue weighted by molar-refractivity contribution is 9.10. The number of hydrogen-bond acceptors (Lipinski definition) is 1. The minimum Gasteiger partial charge on any atom is -0.481 e. The Kier molecular flexibility index (Phi) is 4.55. The summed E-state index contributed by atoms with van der Waals surface area (Å²) in [6, 6.07) is 11.7. The lowest BCUT2D eigenvalue weighted by molar-refractivity contribution is -0.138. The van der Waals surface area contributed by atoms with Gasteiger partial charge in [0, 0.05) is 4.47 Å². The zero-order chi connectivity index (χ0) is 14.7. The van der Waals surface area contributed by atoms with Crippen LogP contribution >= 0.6 is 15.9 Å². The third kappa shape index (κ3) is 3.45. The maximum Gasteiger partial charge on any atom is 0.311 e. The van der Waals surface area contributed by atoms with Crippen LogP contribution in [0.5, 0.6) is 0 Å². The van der Waals surface area contributed by atoms with Gasteiger partial charge in [-0.1, -0.05) is 45.8 Å². The molecule has 1 atom stereocenters. The Bertz CT molecular complexity index is 623. The molecule has 0 aliphatic rings. The third-order valence-corrected chi connectivity index (χ3v) is 3.98. The van der Waals surface area contributed by atoms with E-state index in [1.807, 2.05) is 19.1 Å². The van der Waals surface area contributed by atoms with E-state index in [1.54, 1.807) is 18.2 Å². The van der Waals surface area contributed by atoms with Gasteiger partial charge in [-0.2, -0.15) is 0 Å². The van der Waals surface area contributed by atoms with Crippen LogP contribution in [-0.2, 0) is 11.2 Å². The quantitative estimate of drug-likeness (QED) is 0.903. The fourth-order valence-corrected chi connectivity index (χ4v) is 2.47. The molecule has 20 heavy (non-hydrogen) atoms. The van der Waals surface area contributed by atoms with E-state index in [4.69, 9.17) is 0 Å². The minimum absolute atomic E-state index is 0.247. The Morgan fingerprint density at radius 1 is 1.25 bits per heavy atom. The summed E-state index contributed by atoms with van der Waals surface area (Å²) in [6.07, 6.45) is 0.247. The molecule has 2 aromatic carbocycles. The van der Waals surface area contributed by atoms with Crippen molar-refractivity contribution in [3.63, 3.8) is 0 Å². The van der Waals surface area contributed by atoms with E-state index in [-0.39, 0.29) is 12.2 Å². The zero-order valence-electron chi connectivity index (χ0n) is 10.9. The number of carboxylic acid groups (broad SMARTS) is 1. The number of hydrogen-bond donors (Lipinski definition) is 1. The molecule has 0 fully saturated rings. The van der Waals surface area contributed by atoms with Crippen molar-refractivity contribution in [3.8, 4) is 0 Å². The van der Waals surface area contributed by atoms with Crippen molar-refractivity contribution < 1.29 is 14.3 Å². The van der Waals surface area contributed by atoms with Crippen LogP contribution in [0.2, 0.25) is 0 Å². The molecule has 0 bridgehead atoms. The summed E-state index contributed by atoms with van der Waals surface area (Å²) in [7, 11) is 0. The molecule has 0 spiro atoms. The fraction of sp³-hybridized carbons (Fsp3) is 0.188. The highest BCUT2D eigenvalue weighted by Gasteiger charge is 2.21. The molecule has 0 aliphatic heterocycles. The Labute approximate surface area is 125 Å². The molecule has 0 radical (unpaired) electrons. The highest BCUT2D eigenvalue weighted by atomic mass is 79.9. The summed E-state index contributed by atoms with van der Waals surface area (Å²) in [5.41, 5.74) is 2.45. The Hall–Kier alpha value is -1.68. The van der Waals surface area contributed by atoms with Gasteiger partial charge in [0.25, 0.3) is 0 Å². The van der Waals surface area contributed by atoms with E-state index in [9.17, 15) is 14.3 Å². The van der Waals surface area contributed by atoms with Crippen molar-refractivity contribution in [2.24, 2.45) is 0 Å². The molecule has 0 saturated heterocycles. The first-order valence-corrected chi connectivity index (χ1v) is 7.00. The van der Waals surface area contributed by atoms with Gasteiger partial charge in [0.15, 0.2) is 0 Å². The molecule has 1 N–H and O–H groups in total. The molecular weight excluding hydrogens is 323 g/mol. The zero-order valence-corrected chi connectivity index (χ0v) is 12.5. The molecule has 1 unspecified atom stereocenters. The Balaban J connectivity index is 2.32. The van der Waals surface area contributed by atoms with Crippen molar-refractivity contribution in [1.29, 1.82) is 0 Å². The third-order valence-electron chi connectivity index (χ3n) is 3.21. The summed E-state index contributed by atoms with van der Waals surface area (Å²) in [5.74, 6) is -1.96. The second-order valence-electron chi connectivity index (χ2n) is 4.74. The van der Waals surface area contributed by atoms with Gasteiger partial charge < -0.3 is 5.11 Å². The standard InChI is InChI=1S/C16H14BrFO2/c1-10-2-4-11(5-3-10)14(16(19)20)9-12-8-13(18)6-7-15(12)17/h2-8,14H,9H2,1H3,(H,19,20). The second-order valence-corrected chi connectivity index (χ2v) is 5.60. The van der Waals surface area contributed by atoms with Gasteiger partial charge >= 0.3 is 5.97 Å². The lowest BCUT2D eigenvalue weighted by Gasteiger charge is -2.14. The van der Waals surface area contributed by atoms with E-state index < -0.39 is 11.9 Å². The van der Waals surface area contributed by atoms with Crippen LogP contribution in [0.1, 0.15) is 22.6 Å². The maximum atomic E-state index is 13.3. The second kappa shape index (κ2) is 6.18. The smallest absolute Gasteiger partial charge is 0.311 e. The van der Waals surface area contributed by atoms with Crippen LogP contribution in [-0.4, -0.2) is 11.1 Å². The summed E-state index contributed by atoms with van der Waals surface area (Å²) in [5, 5.41) is 9.41. The molecule has 0 aromatic heterocycles. The Morgan fingerprint density at radius 2 is 1.90 bits per heavy atom. The molecule has 0 saturated carbocycles. The molecule has 2 rings (SSSR count). The summed E-state index contributed by atoms with van der Waals surface area (Å²) in [6.45, 7) is 1.95. The van der Waals surface area contributed by atoms with E-state index in [0.29, 0.717) is 5.56 Å². The number of rotatable bonds is 4. The van der Waals surface area contributed by atoms with Gasteiger partial charge in [-0.05, 0) is 42.7 Å². The average Bonchev–Trinajstić information content (AvgIpc) is 2.40. The minimum atomic E-state index is -0.912. The Morgan fingerprint density at radius 3 is 2.50 bits per heavy atom. The average molecular weight is 337 g/mol. The first-order chi connectivity index (χ1) is 9.47. The van der Waals surface area contributed by atoms with Crippen molar-refractivity contribution in [1.82, 2.24) is 0 Å². The van der Waals surface area contributed by atoms with Crippen LogP contribution in [0.4, 0.5) is 4.39 Å². The van der Waals surface area contributed by atoms with Crippen molar-refractivity contribution >= 4 is 21.9 Å². The number of carboxylic acids is 1. The molecule has 2 aromatic rings. The highest BCUT2D eigenvalue weighted by Crippen LogP contribution is 2.26. The predicted molar refractivity (Wildman–Crippen MR) is 79.4 cm³/mol.